The minimum Gasteiger partial charge on any atom is -0.492 e. The summed E-state index contributed by atoms with van der Waals surface area (Å²) in [6.45, 7) is 12.3. The number of amides is 1. The van der Waals surface area contributed by atoms with Gasteiger partial charge in [0.05, 0.1) is 23.4 Å². The largest absolute Gasteiger partial charge is 0.494 e. The summed E-state index contributed by atoms with van der Waals surface area (Å²) in [6, 6.07) is 4.67. The van der Waals surface area contributed by atoms with Crippen molar-refractivity contribution >= 4 is 18.5 Å². The summed E-state index contributed by atoms with van der Waals surface area (Å²) in [5, 5.41) is 2.69. The first-order valence-corrected chi connectivity index (χ1v) is 10.1. The Morgan fingerprint density at radius 2 is 1.79 bits per heavy atom. The number of nitrogens with one attached hydrogen (secondary N) is 1. The van der Waals surface area contributed by atoms with E-state index in [1.54, 1.807) is 12.1 Å². The minimum atomic E-state index is -2.69. The lowest BCUT2D eigenvalue weighted by molar-refractivity contribution is -0.0901. The summed E-state index contributed by atoms with van der Waals surface area (Å²) in [5.74, 6) is -2.43. The third-order valence-electron chi connectivity index (χ3n) is 5.77. The molecule has 0 unspecified atom stereocenters. The number of rotatable bonds is 6. The van der Waals surface area contributed by atoms with E-state index in [-0.39, 0.29) is 18.8 Å². The quantitative estimate of drug-likeness (QED) is 0.731. The molecule has 0 aromatic heterocycles. The zero-order chi connectivity index (χ0) is 21.6. The molecular weight excluding hydrogens is 379 g/mol. The first-order valence-electron chi connectivity index (χ1n) is 10.1. The van der Waals surface area contributed by atoms with Crippen molar-refractivity contribution in [2.45, 2.75) is 77.6 Å². The number of carbonyl (C=O) groups is 1. The van der Waals surface area contributed by atoms with Gasteiger partial charge < -0.3 is 19.4 Å². The SMILES string of the molecule is CC(C)COc1ccc(B2OC(C)(C)C(C)(C)O2)cc1C(=O)NC1CC(F)(F)C1. The average molecular weight is 409 g/mol. The zero-order valence-corrected chi connectivity index (χ0v) is 18.0. The zero-order valence-electron chi connectivity index (χ0n) is 18.0. The van der Waals surface area contributed by atoms with Gasteiger partial charge in [-0.05, 0) is 51.2 Å². The molecule has 1 saturated carbocycles. The Bertz CT molecular complexity index is 758. The highest BCUT2D eigenvalue weighted by molar-refractivity contribution is 6.62. The van der Waals surface area contributed by atoms with Gasteiger partial charge in [-0.1, -0.05) is 19.9 Å². The van der Waals surface area contributed by atoms with E-state index in [4.69, 9.17) is 14.0 Å². The molecule has 1 amide bonds. The maximum atomic E-state index is 13.1. The van der Waals surface area contributed by atoms with Gasteiger partial charge in [-0.25, -0.2) is 8.78 Å². The molecule has 3 rings (SSSR count). The van der Waals surface area contributed by atoms with Gasteiger partial charge in [0.1, 0.15) is 5.75 Å². The van der Waals surface area contributed by atoms with Crippen molar-refractivity contribution in [2.75, 3.05) is 6.61 Å². The highest BCUT2D eigenvalue weighted by atomic mass is 19.3. The fourth-order valence-corrected chi connectivity index (χ4v) is 3.26. The van der Waals surface area contributed by atoms with Gasteiger partial charge in [0.15, 0.2) is 0 Å². The molecule has 1 aliphatic heterocycles. The van der Waals surface area contributed by atoms with E-state index in [2.05, 4.69) is 5.32 Å². The van der Waals surface area contributed by atoms with Gasteiger partial charge in [0.25, 0.3) is 11.8 Å². The van der Waals surface area contributed by atoms with Gasteiger partial charge in [-0.2, -0.15) is 0 Å². The second-order valence-electron chi connectivity index (χ2n) is 9.48. The molecule has 1 saturated heterocycles. The molecule has 1 aromatic carbocycles. The van der Waals surface area contributed by atoms with Crippen molar-refractivity contribution in [1.29, 1.82) is 0 Å². The molecule has 29 heavy (non-hydrogen) atoms. The molecule has 0 bridgehead atoms. The Balaban J connectivity index is 1.83. The van der Waals surface area contributed by atoms with Crippen LogP contribution >= 0.6 is 0 Å². The van der Waals surface area contributed by atoms with Crippen LogP contribution < -0.4 is 15.5 Å². The Kier molecular flexibility index (Phi) is 5.73. The van der Waals surface area contributed by atoms with Crippen LogP contribution in [0.1, 0.15) is 64.7 Å². The monoisotopic (exact) mass is 409 g/mol. The van der Waals surface area contributed by atoms with Crippen molar-refractivity contribution in [3.05, 3.63) is 23.8 Å². The Hall–Kier alpha value is -1.67. The maximum Gasteiger partial charge on any atom is 0.494 e. The van der Waals surface area contributed by atoms with Crippen LogP contribution in [0.25, 0.3) is 0 Å². The van der Waals surface area contributed by atoms with Gasteiger partial charge >= 0.3 is 7.12 Å². The van der Waals surface area contributed by atoms with Crippen LogP contribution in [0.2, 0.25) is 0 Å². The lowest BCUT2D eigenvalue weighted by Crippen LogP contribution is -2.50. The van der Waals surface area contributed by atoms with E-state index in [1.165, 1.54) is 0 Å². The fourth-order valence-electron chi connectivity index (χ4n) is 3.26. The van der Waals surface area contributed by atoms with E-state index in [0.717, 1.165) is 0 Å². The van der Waals surface area contributed by atoms with Gasteiger partial charge in [-0.3, -0.25) is 4.79 Å². The van der Waals surface area contributed by atoms with Crippen LogP contribution in [0.3, 0.4) is 0 Å². The first kappa shape index (κ1) is 22.0. The second-order valence-corrected chi connectivity index (χ2v) is 9.48. The molecule has 5 nitrogen and oxygen atoms in total. The summed E-state index contributed by atoms with van der Waals surface area (Å²) in [6.07, 6.45) is -0.671. The second kappa shape index (κ2) is 7.54. The van der Waals surface area contributed by atoms with Gasteiger partial charge in [-0.15, -0.1) is 0 Å². The smallest absolute Gasteiger partial charge is 0.492 e. The summed E-state index contributed by atoms with van der Waals surface area (Å²) in [4.78, 5) is 12.8. The van der Waals surface area contributed by atoms with Crippen molar-refractivity contribution in [3.8, 4) is 5.75 Å². The van der Waals surface area contributed by atoms with E-state index < -0.39 is 36.2 Å². The molecule has 1 aromatic rings. The molecule has 2 fully saturated rings. The predicted octanol–water partition coefficient (Wildman–Crippen LogP) is 3.55. The van der Waals surface area contributed by atoms with Crippen LogP contribution in [-0.2, 0) is 9.31 Å². The normalized spacial score (nSPS) is 22.4. The third kappa shape index (κ3) is 4.74. The van der Waals surface area contributed by atoms with Crippen molar-refractivity contribution in [2.24, 2.45) is 5.92 Å². The Morgan fingerprint density at radius 1 is 1.21 bits per heavy atom. The number of benzene rings is 1. The lowest BCUT2D eigenvalue weighted by Gasteiger charge is -2.35. The van der Waals surface area contributed by atoms with E-state index >= 15 is 0 Å². The number of hydrogen-bond acceptors (Lipinski definition) is 4. The summed E-state index contributed by atoms with van der Waals surface area (Å²) in [5.41, 5.74) is -0.0350. The molecule has 0 atom stereocenters. The lowest BCUT2D eigenvalue weighted by atomic mass is 9.78. The summed E-state index contributed by atoms with van der Waals surface area (Å²) in [7, 11) is -0.626. The molecule has 0 spiro atoms. The molecule has 1 N–H and O–H groups in total. The van der Waals surface area contributed by atoms with Crippen LogP contribution in [0, 0.1) is 5.92 Å². The number of carbonyl (C=O) groups excluding carboxylic acids is 1. The van der Waals surface area contributed by atoms with E-state index in [1.807, 2.05) is 47.6 Å². The molecule has 2 aliphatic rings. The molecule has 0 radical (unpaired) electrons. The number of hydrogen-bond donors (Lipinski definition) is 1. The van der Waals surface area contributed by atoms with Gasteiger partial charge in [0.2, 0.25) is 0 Å². The number of ether oxygens (including phenoxy) is 1. The van der Waals surface area contributed by atoms with Crippen molar-refractivity contribution in [1.82, 2.24) is 5.32 Å². The van der Waals surface area contributed by atoms with Crippen LogP contribution in [-0.4, -0.2) is 42.8 Å². The average Bonchev–Trinajstić information content (AvgIpc) is 2.78. The molecule has 160 valence electrons. The molecular formula is C21H30BF2NO4. The topological polar surface area (TPSA) is 56.8 Å². The fraction of sp³-hybridized carbons (Fsp3) is 0.667. The van der Waals surface area contributed by atoms with Crippen molar-refractivity contribution in [3.63, 3.8) is 0 Å². The standard InChI is InChI=1S/C21H30BF2NO4/c1-13(2)12-27-17-8-7-14(22-28-19(3,4)20(5,6)29-22)9-16(17)18(26)25-15-10-21(23,24)11-15/h7-9,13,15H,10-12H2,1-6H3,(H,25,26). The predicted molar refractivity (Wildman–Crippen MR) is 108 cm³/mol. The molecule has 8 heteroatoms. The highest BCUT2D eigenvalue weighted by Gasteiger charge is 2.52. The summed E-state index contributed by atoms with van der Waals surface area (Å²) >= 11 is 0. The van der Waals surface area contributed by atoms with Crippen LogP contribution in [0.4, 0.5) is 8.78 Å². The van der Waals surface area contributed by atoms with Crippen LogP contribution in [0.15, 0.2) is 18.2 Å². The number of halogens is 2. The maximum absolute atomic E-state index is 13.1. The first-order chi connectivity index (χ1) is 13.3. The van der Waals surface area contributed by atoms with E-state index in [0.29, 0.717) is 23.4 Å². The van der Waals surface area contributed by atoms with Crippen LogP contribution in [0.5, 0.6) is 5.75 Å². The Morgan fingerprint density at radius 3 is 2.31 bits per heavy atom. The van der Waals surface area contributed by atoms with Crippen molar-refractivity contribution < 1.29 is 27.6 Å². The molecule has 1 aliphatic carbocycles. The van der Waals surface area contributed by atoms with E-state index in [9.17, 15) is 13.6 Å². The Labute approximate surface area is 171 Å². The minimum absolute atomic E-state index is 0.277. The summed E-state index contributed by atoms with van der Waals surface area (Å²) < 4.78 is 44.2. The third-order valence-corrected chi connectivity index (χ3v) is 5.77. The highest BCUT2D eigenvalue weighted by Crippen LogP contribution is 2.38. The number of alkyl halides is 2. The van der Waals surface area contributed by atoms with Gasteiger partial charge in [0, 0.05) is 18.9 Å². The molecule has 1 heterocycles.